The van der Waals surface area contributed by atoms with Crippen LogP contribution in [0.3, 0.4) is 0 Å². The van der Waals surface area contributed by atoms with Crippen LogP contribution < -0.4 is 10.2 Å². The third-order valence-corrected chi connectivity index (χ3v) is 5.60. The van der Waals surface area contributed by atoms with Gasteiger partial charge in [0.25, 0.3) is 5.91 Å². The van der Waals surface area contributed by atoms with Crippen LogP contribution in [0.15, 0.2) is 61.1 Å². The van der Waals surface area contributed by atoms with Gasteiger partial charge >= 0.3 is 0 Å². The molecule has 1 aliphatic heterocycles. The number of pyridine rings is 2. The number of hydrogen-bond donors (Lipinski definition) is 2. The molecular formula is C23H23N7O. The molecular weight excluding hydrogens is 390 g/mol. The molecule has 1 saturated heterocycles. The van der Waals surface area contributed by atoms with Gasteiger partial charge in [-0.05, 0) is 36.9 Å². The molecule has 0 spiro atoms. The average Bonchev–Trinajstić information content (AvgIpc) is 3.24. The van der Waals surface area contributed by atoms with Gasteiger partial charge in [-0.1, -0.05) is 12.1 Å². The van der Waals surface area contributed by atoms with Crippen molar-refractivity contribution in [3.05, 3.63) is 66.7 Å². The van der Waals surface area contributed by atoms with Crippen LogP contribution in [-0.2, 0) is 0 Å². The SMILES string of the molecule is CN1CCN(c2cc(NC(=O)c3n[nH]c4ccc(-c5cccnc5)cc34)ccn2)CC1. The van der Waals surface area contributed by atoms with Gasteiger partial charge in [0.05, 0.1) is 5.52 Å². The van der Waals surface area contributed by atoms with E-state index < -0.39 is 0 Å². The standard InChI is InChI=1S/C23H23N7O/c1-29-9-11-30(12-10-29)21-14-18(6-8-25-21)26-23(31)22-19-13-16(4-5-20(19)27-28-22)17-3-2-7-24-15-17/h2-8,13-15H,9-12H2,1H3,(H,27,28)(H,25,26,31). The number of piperazine rings is 1. The van der Waals surface area contributed by atoms with Crippen LogP contribution >= 0.6 is 0 Å². The van der Waals surface area contributed by atoms with Crippen molar-refractivity contribution in [1.29, 1.82) is 0 Å². The second-order valence-electron chi connectivity index (χ2n) is 7.72. The van der Waals surface area contributed by atoms with Crippen molar-refractivity contribution in [3.63, 3.8) is 0 Å². The topological polar surface area (TPSA) is 90.0 Å². The summed E-state index contributed by atoms with van der Waals surface area (Å²) in [5.74, 6) is 0.613. The van der Waals surface area contributed by atoms with E-state index in [-0.39, 0.29) is 5.91 Å². The van der Waals surface area contributed by atoms with Crippen LogP contribution in [0.2, 0.25) is 0 Å². The Kier molecular flexibility index (Phi) is 5.05. The van der Waals surface area contributed by atoms with E-state index in [1.807, 2.05) is 36.4 Å². The third kappa shape index (κ3) is 3.97. The predicted octanol–water partition coefficient (Wildman–Crippen LogP) is 3.02. The molecule has 1 aromatic carbocycles. The van der Waals surface area contributed by atoms with Crippen molar-refractivity contribution in [2.24, 2.45) is 0 Å². The zero-order chi connectivity index (χ0) is 21.2. The van der Waals surface area contributed by atoms with Gasteiger partial charge in [-0.2, -0.15) is 5.10 Å². The third-order valence-electron chi connectivity index (χ3n) is 5.60. The van der Waals surface area contributed by atoms with Gasteiger partial charge in [-0.15, -0.1) is 0 Å². The zero-order valence-corrected chi connectivity index (χ0v) is 17.2. The summed E-state index contributed by atoms with van der Waals surface area (Å²) < 4.78 is 0. The maximum atomic E-state index is 13.0. The lowest BCUT2D eigenvalue weighted by Crippen LogP contribution is -2.44. The summed E-state index contributed by atoms with van der Waals surface area (Å²) in [7, 11) is 2.12. The number of hydrogen-bond acceptors (Lipinski definition) is 6. The number of fused-ring (bicyclic) bond motifs is 1. The number of likely N-dealkylation sites (N-methyl/N-ethyl adjacent to an activating group) is 1. The highest BCUT2D eigenvalue weighted by atomic mass is 16.1. The number of nitrogens with zero attached hydrogens (tertiary/aromatic N) is 5. The highest BCUT2D eigenvalue weighted by Gasteiger charge is 2.18. The number of benzene rings is 1. The fourth-order valence-electron chi connectivity index (χ4n) is 3.80. The second-order valence-corrected chi connectivity index (χ2v) is 7.72. The van der Waals surface area contributed by atoms with Crippen molar-refractivity contribution in [2.45, 2.75) is 0 Å². The van der Waals surface area contributed by atoms with Crippen molar-refractivity contribution >= 4 is 28.3 Å². The Morgan fingerprint density at radius 3 is 2.71 bits per heavy atom. The van der Waals surface area contributed by atoms with E-state index in [4.69, 9.17) is 0 Å². The monoisotopic (exact) mass is 413 g/mol. The molecule has 1 fully saturated rings. The molecule has 4 aromatic rings. The first-order valence-corrected chi connectivity index (χ1v) is 10.3. The number of nitrogens with one attached hydrogen (secondary N) is 2. The van der Waals surface area contributed by atoms with E-state index in [0.29, 0.717) is 11.4 Å². The minimum atomic E-state index is -0.259. The normalized spacial score (nSPS) is 14.7. The fraction of sp³-hybridized carbons (Fsp3) is 0.217. The lowest BCUT2D eigenvalue weighted by atomic mass is 10.0. The number of H-pyrrole nitrogens is 1. The molecule has 0 atom stereocenters. The Hall–Kier alpha value is -3.78. The second kappa shape index (κ2) is 8.16. The number of rotatable bonds is 4. The van der Waals surface area contributed by atoms with Crippen LogP contribution in [-0.4, -0.2) is 64.2 Å². The summed E-state index contributed by atoms with van der Waals surface area (Å²) in [4.78, 5) is 26.2. The molecule has 5 rings (SSSR count). The van der Waals surface area contributed by atoms with Crippen LogP contribution in [0.1, 0.15) is 10.5 Å². The maximum Gasteiger partial charge on any atom is 0.276 e. The van der Waals surface area contributed by atoms with Gasteiger partial charge in [-0.3, -0.25) is 14.9 Å². The number of amides is 1. The summed E-state index contributed by atoms with van der Waals surface area (Å²) >= 11 is 0. The Morgan fingerprint density at radius 1 is 1.03 bits per heavy atom. The summed E-state index contributed by atoms with van der Waals surface area (Å²) in [6.45, 7) is 3.83. The Balaban J connectivity index is 1.39. The molecule has 0 bridgehead atoms. The molecule has 1 amide bonds. The Bertz CT molecular complexity index is 1210. The predicted molar refractivity (Wildman–Crippen MR) is 121 cm³/mol. The minimum Gasteiger partial charge on any atom is -0.354 e. The van der Waals surface area contributed by atoms with Crippen molar-refractivity contribution in [2.75, 3.05) is 43.4 Å². The van der Waals surface area contributed by atoms with Crippen LogP contribution in [0.25, 0.3) is 22.0 Å². The quantitative estimate of drug-likeness (QED) is 0.535. The van der Waals surface area contributed by atoms with Gasteiger partial charge in [0, 0.05) is 67.5 Å². The molecule has 8 heteroatoms. The van der Waals surface area contributed by atoms with E-state index in [1.165, 1.54) is 0 Å². The number of aromatic nitrogens is 4. The van der Waals surface area contributed by atoms with Crippen LogP contribution in [0, 0.1) is 0 Å². The minimum absolute atomic E-state index is 0.259. The maximum absolute atomic E-state index is 13.0. The molecule has 8 nitrogen and oxygen atoms in total. The first kappa shape index (κ1) is 19.2. The van der Waals surface area contributed by atoms with E-state index in [2.05, 4.69) is 42.3 Å². The first-order valence-electron chi connectivity index (χ1n) is 10.3. The lowest BCUT2D eigenvalue weighted by Gasteiger charge is -2.33. The molecule has 3 aromatic heterocycles. The van der Waals surface area contributed by atoms with Crippen LogP contribution in [0.4, 0.5) is 11.5 Å². The molecule has 31 heavy (non-hydrogen) atoms. The Morgan fingerprint density at radius 2 is 1.90 bits per heavy atom. The molecule has 1 aliphatic rings. The number of carbonyl (C=O) groups excluding carboxylic acids is 1. The fourth-order valence-corrected chi connectivity index (χ4v) is 3.80. The van der Waals surface area contributed by atoms with E-state index >= 15 is 0 Å². The highest BCUT2D eigenvalue weighted by molar-refractivity contribution is 6.11. The van der Waals surface area contributed by atoms with E-state index in [1.54, 1.807) is 24.7 Å². The summed E-state index contributed by atoms with van der Waals surface area (Å²) in [5.41, 5.74) is 3.85. The lowest BCUT2D eigenvalue weighted by molar-refractivity contribution is 0.102. The van der Waals surface area contributed by atoms with E-state index in [9.17, 15) is 4.79 Å². The van der Waals surface area contributed by atoms with Crippen molar-refractivity contribution in [3.8, 4) is 11.1 Å². The van der Waals surface area contributed by atoms with E-state index in [0.717, 1.165) is 54.0 Å². The zero-order valence-electron chi connectivity index (χ0n) is 17.2. The molecule has 4 heterocycles. The molecule has 2 N–H and O–H groups in total. The summed E-state index contributed by atoms with van der Waals surface area (Å²) in [5, 5.41) is 11.0. The summed E-state index contributed by atoms with van der Waals surface area (Å²) in [6.07, 6.45) is 5.27. The van der Waals surface area contributed by atoms with Gasteiger partial charge in [-0.25, -0.2) is 4.98 Å². The van der Waals surface area contributed by atoms with Crippen LogP contribution in [0.5, 0.6) is 0 Å². The van der Waals surface area contributed by atoms with Gasteiger partial charge in [0.15, 0.2) is 5.69 Å². The molecule has 0 unspecified atom stereocenters. The number of aromatic amines is 1. The van der Waals surface area contributed by atoms with Gasteiger partial charge < -0.3 is 15.1 Å². The average molecular weight is 413 g/mol. The molecule has 0 aliphatic carbocycles. The Labute approximate surface area is 179 Å². The molecule has 156 valence electrons. The molecule has 0 saturated carbocycles. The highest BCUT2D eigenvalue weighted by Crippen LogP contribution is 2.26. The van der Waals surface area contributed by atoms with Gasteiger partial charge in [0.2, 0.25) is 0 Å². The largest absolute Gasteiger partial charge is 0.354 e. The number of anilines is 2. The summed E-state index contributed by atoms with van der Waals surface area (Å²) in [6, 6.07) is 13.5. The van der Waals surface area contributed by atoms with Crippen molar-refractivity contribution in [1.82, 2.24) is 25.1 Å². The number of carbonyl (C=O) groups is 1. The smallest absolute Gasteiger partial charge is 0.276 e. The molecule has 0 radical (unpaired) electrons. The van der Waals surface area contributed by atoms with Crippen molar-refractivity contribution < 1.29 is 4.79 Å². The van der Waals surface area contributed by atoms with Gasteiger partial charge in [0.1, 0.15) is 5.82 Å². The first-order chi connectivity index (χ1) is 15.2.